The molecule has 1 fully saturated rings. The first-order valence-corrected chi connectivity index (χ1v) is 7.51. The van der Waals surface area contributed by atoms with Crippen LogP contribution in [-0.2, 0) is 0 Å². The standard InChI is InChI=1S/C16H32N2/c1-6-7-8-13-18(5)15-11-9-14(10-12-15)17-16(2,3)4/h6,14-15,17H,1,7-13H2,2-5H3/t14-,15+. The third kappa shape index (κ3) is 6.01. The van der Waals surface area contributed by atoms with Gasteiger partial charge >= 0.3 is 0 Å². The number of rotatable bonds is 6. The van der Waals surface area contributed by atoms with Crippen LogP contribution in [0.5, 0.6) is 0 Å². The Labute approximate surface area is 114 Å². The van der Waals surface area contributed by atoms with Crippen LogP contribution < -0.4 is 5.32 Å². The Balaban J connectivity index is 2.24. The molecule has 1 rings (SSSR count). The summed E-state index contributed by atoms with van der Waals surface area (Å²) >= 11 is 0. The monoisotopic (exact) mass is 252 g/mol. The number of hydrogen-bond acceptors (Lipinski definition) is 2. The number of nitrogens with zero attached hydrogens (tertiary/aromatic N) is 1. The van der Waals surface area contributed by atoms with E-state index in [2.05, 4.69) is 44.6 Å². The van der Waals surface area contributed by atoms with Gasteiger partial charge in [-0.1, -0.05) is 6.08 Å². The zero-order valence-electron chi connectivity index (χ0n) is 12.8. The summed E-state index contributed by atoms with van der Waals surface area (Å²) in [4.78, 5) is 2.55. The second-order valence-corrected chi connectivity index (χ2v) is 6.81. The van der Waals surface area contributed by atoms with Crippen molar-refractivity contribution in [1.82, 2.24) is 10.2 Å². The van der Waals surface area contributed by atoms with E-state index in [1.54, 1.807) is 0 Å². The largest absolute Gasteiger partial charge is 0.309 e. The molecule has 1 N–H and O–H groups in total. The summed E-state index contributed by atoms with van der Waals surface area (Å²) in [6.07, 6.45) is 9.77. The maximum absolute atomic E-state index is 3.79. The van der Waals surface area contributed by atoms with Crippen LogP contribution in [-0.4, -0.2) is 36.1 Å². The summed E-state index contributed by atoms with van der Waals surface area (Å²) in [7, 11) is 2.28. The summed E-state index contributed by atoms with van der Waals surface area (Å²) in [6.45, 7) is 11.8. The van der Waals surface area contributed by atoms with Crippen LogP contribution >= 0.6 is 0 Å². The summed E-state index contributed by atoms with van der Waals surface area (Å²) in [5.41, 5.74) is 0.257. The van der Waals surface area contributed by atoms with Gasteiger partial charge in [0.1, 0.15) is 0 Å². The molecular weight excluding hydrogens is 220 g/mol. The first kappa shape index (κ1) is 15.7. The number of unbranched alkanes of at least 4 members (excludes halogenated alkanes) is 1. The first-order valence-electron chi connectivity index (χ1n) is 7.51. The molecule has 106 valence electrons. The van der Waals surface area contributed by atoms with Crippen molar-refractivity contribution in [1.29, 1.82) is 0 Å². The average Bonchev–Trinajstić information content (AvgIpc) is 2.28. The molecule has 18 heavy (non-hydrogen) atoms. The van der Waals surface area contributed by atoms with Gasteiger partial charge in [0.05, 0.1) is 0 Å². The highest BCUT2D eigenvalue weighted by atomic mass is 15.1. The Kier molecular flexibility index (Phi) is 6.37. The Bertz CT molecular complexity index is 234. The molecule has 1 aliphatic carbocycles. The van der Waals surface area contributed by atoms with Gasteiger partial charge in [0.25, 0.3) is 0 Å². The molecule has 2 nitrogen and oxygen atoms in total. The van der Waals surface area contributed by atoms with Crippen molar-refractivity contribution in [2.24, 2.45) is 0 Å². The first-order chi connectivity index (χ1) is 8.42. The minimum Gasteiger partial charge on any atom is -0.309 e. The average molecular weight is 252 g/mol. The lowest BCUT2D eigenvalue weighted by atomic mass is 9.89. The van der Waals surface area contributed by atoms with E-state index in [1.165, 1.54) is 38.6 Å². The van der Waals surface area contributed by atoms with E-state index in [0.29, 0.717) is 0 Å². The van der Waals surface area contributed by atoms with Crippen molar-refractivity contribution in [3.63, 3.8) is 0 Å². The van der Waals surface area contributed by atoms with E-state index in [4.69, 9.17) is 0 Å². The molecule has 0 radical (unpaired) electrons. The minimum atomic E-state index is 0.257. The molecule has 0 aliphatic heterocycles. The molecule has 0 aromatic rings. The van der Waals surface area contributed by atoms with Crippen molar-refractivity contribution in [3.8, 4) is 0 Å². The fraction of sp³-hybridized carbons (Fsp3) is 0.875. The van der Waals surface area contributed by atoms with Gasteiger partial charge in [0.15, 0.2) is 0 Å². The SMILES string of the molecule is C=CCCCN(C)[C@H]1CC[C@@H](NC(C)(C)C)CC1. The molecule has 0 spiro atoms. The van der Waals surface area contributed by atoms with Crippen LogP contribution in [0.2, 0.25) is 0 Å². The molecule has 0 amide bonds. The van der Waals surface area contributed by atoms with E-state index in [1.807, 2.05) is 6.08 Å². The highest BCUT2D eigenvalue weighted by molar-refractivity contribution is 4.85. The summed E-state index contributed by atoms with van der Waals surface area (Å²) in [5.74, 6) is 0. The van der Waals surface area contributed by atoms with Crippen molar-refractivity contribution >= 4 is 0 Å². The minimum absolute atomic E-state index is 0.257. The highest BCUT2D eigenvalue weighted by Gasteiger charge is 2.25. The van der Waals surface area contributed by atoms with Gasteiger partial charge in [-0.05, 0) is 72.9 Å². The van der Waals surface area contributed by atoms with Crippen LogP contribution in [0.4, 0.5) is 0 Å². The molecular formula is C16H32N2. The van der Waals surface area contributed by atoms with Gasteiger partial charge in [0, 0.05) is 17.6 Å². The van der Waals surface area contributed by atoms with Gasteiger partial charge in [-0.2, -0.15) is 0 Å². The maximum Gasteiger partial charge on any atom is 0.00990 e. The summed E-state index contributed by atoms with van der Waals surface area (Å²) in [5, 5.41) is 3.74. The van der Waals surface area contributed by atoms with E-state index < -0.39 is 0 Å². The van der Waals surface area contributed by atoms with E-state index >= 15 is 0 Å². The number of nitrogens with one attached hydrogen (secondary N) is 1. The second-order valence-electron chi connectivity index (χ2n) is 6.81. The lowest BCUT2D eigenvalue weighted by Crippen LogP contribution is -2.47. The Morgan fingerprint density at radius 3 is 2.33 bits per heavy atom. The molecule has 1 saturated carbocycles. The molecule has 0 unspecified atom stereocenters. The zero-order chi connectivity index (χ0) is 13.6. The van der Waals surface area contributed by atoms with Crippen molar-refractivity contribution < 1.29 is 0 Å². The van der Waals surface area contributed by atoms with Gasteiger partial charge < -0.3 is 10.2 Å². The summed E-state index contributed by atoms with van der Waals surface area (Å²) < 4.78 is 0. The second kappa shape index (κ2) is 7.30. The lowest BCUT2D eigenvalue weighted by Gasteiger charge is -2.37. The fourth-order valence-corrected chi connectivity index (χ4v) is 2.94. The molecule has 2 heteroatoms. The van der Waals surface area contributed by atoms with E-state index in [9.17, 15) is 0 Å². The van der Waals surface area contributed by atoms with Crippen LogP contribution in [0.25, 0.3) is 0 Å². The molecule has 1 aliphatic rings. The van der Waals surface area contributed by atoms with Crippen molar-refractivity contribution in [3.05, 3.63) is 12.7 Å². The van der Waals surface area contributed by atoms with Crippen LogP contribution in [0.3, 0.4) is 0 Å². The highest BCUT2D eigenvalue weighted by Crippen LogP contribution is 2.24. The predicted octanol–water partition coefficient (Wildman–Crippen LogP) is 3.58. The zero-order valence-corrected chi connectivity index (χ0v) is 12.8. The Hall–Kier alpha value is -0.340. The topological polar surface area (TPSA) is 15.3 Å². The molecule has 0 bridgehead atoms. The summed E-state index contributed by atoms with van der Waals surface area (Å²) in [6, 6.07) is 1.52. The van der Waals surface area contributed by atoms with Crippen molar-refractivity contribution in [2.75, 3.05) is 13.6 Å². The van der Waals surface area contributed by atoms with Gasteiger partial charge in [0.2, 0.25) is 0 Å². The molecule has 0 aromatic carbocycles. The third-order valence-corrected chi connectivity index (χ3v) is 3.88. The third-order valence-electron chi connectivity index (χ3n) is 3.88. The molecule has 0 saturated heterocycles. The quantitative estimate of drug-likeness (QED) is 0.574. The lowest BCUT2D eigenvalue weighted by molar-refractivity contribution is 0.163. The van der Waals surface area contributed by atoms with E-state index in [-0.39, 0.29) is 5.54 Å². The van der Waals surface area contributed by atoms with Crippen molar-refractivity contribution in [2.45, 2.75) is 76.9 Å². The predicted molar refractivity (Wildman–Crippen MR) is 81.0 cm³/mol. The van der Waals surface area contributed by atoms with Gasteiger partial charge in [-0.15, -0.1) is 6.58 Å². The van der Waals surface area contributed by atoms with Crippen LogP contribution in [0.1, 0.15) is 59.3 Å². The van der Waals surface area contributed by atoms with Crippen LogP contribution in [0, 0.1) is 0 Å². The normalized spacial score (nSPS) is 25.4. The molecule has 0 atom stereocenters. The van der Waals surface area contributed by atoms with Gasteiger partial charge in [-0.25, -0.2) is 0 Å². The Morgan fingerprint density at radius 1 is 1.22 bits per heavy atom. The molecule has 0 heterocycles. The number of allylic oxidation sites excluding steroid dienone is 1. The maximum atomic E-state index is 3.79. The molecule has 0 aromatic heterocycles. The van der Waals surface area contributed by atoms with Crippen LogP contribution in [0.15, 0.2) is 12.7 Å². The Morgan fingerprint density at radius 2 is 1.83 bits per heavy atom. The van der Waals surface area contributed by atoms with E-state index in [0.717, 1.165) is 18.5 Å². The van der Waals surface area contributed by atoms with Gasteiger partial charge in [-0.3, -0.25) is 0 Å². The smallest absolute Gasteiger partial charge is 0.00990 e. The fourth-order valence-electron chi connectivity index (χ4n) is 2.94. The number of hydrogen-bond donors (Lipinski definition) is 1.